The van der Waals surface area contributed by atoms with E-state index in [1.54, 1.807) is 6.20 Å². The van der Waals surface area contributed by atoms with E-state index in [1.807, 2.05) is 60.7 Å². The predicted molar refractivity (Wildman–Crippen MR) is 110 cm³/mol. The van der Waals surface area contributed by atoms with Gasteiger partial charge >= 0.3 is 0 Å². The van der Waals surface area contributed by atoms with E-state index in [4.69, 9.17) is 0 Å². The van der Waals surface area contributed by atoms with Gasteiger partial charge in [0.1, 0.15) is 0 Å². The lowest BCUT2D eigenvalue weighted by Crippen LogP contribution is -2.22. The van der Waals surface area contributed by atoms with E-state index in [9.17, 15) is 9.59 Å². The molecule has 0 fully saturated rings. The monoisotopic (exact) mass is 416 g/mol. The molecule has 0 radical (unpaired) electrons. The van der Waals surface area contributed by atoms with Gasteiger partial charge in [-0.1, -0.05) is 58.4 Å². The summed E-state index contributed by atoms with van der Waals surface area (Å²) in [5.41, 5.74) is 3.21. The maximum absolute atomic E-state index is 12.7. The van der Waals surface area contributed by atoms with Gasteiger partial charge in [-0.05, 0) is 34.5 Å². The number of amides is 2. The number of benzene rings is 3. The van der Waals surface area contributed by atoms with Crippen molar-refractivity contribution in [2.24, 2.45) is 0 Å². The number of carbonyl (C=O) groups excluding carboxylic acids is 2. The second kappa shape index (κ2) is 5.93. The molecule has 27 heavy (non-hydrogen) atoms. The number of hydrogen-bond donors (Lipinski definition) is 2. The van der Waals surface area contributed by atoms with Gasteiger partial charge in [0, 0.05) is 27.1 Å². The molecule has 1 aromatic heterocycles. The fourth-order valence-electron chi connectivity index (χ4n) is 3.71. The summed E-state index contributed by atoms with van der Waals surface area (Å²) in [6, 6.07) is 19.5. The summed E-state index contributed by atoms with van der Waals surface area (Å²) >= 11 is 3.48. The highest BCUT2D eigenvalue weighted by Crippen LogP contribution is 2.37. The normalized spacial score (nSPS) is 14.4. The molecule has 5 heteroatoms. The molecule has 0 aliphatic carbocycles. The lowest BCUT2D eigenvalue weighted by atomic mass is 9.92. The summed E-state index contributed by atoms with van der Waals surface area (Å²) in [4.78, 5) is 28.6. The lowest BCUT2D eigenvalue weighted by Gasteiger charge is -2.08. The van der Waals surface area contributed by atoms with Crippen LogP contribution in [-0.2, 0) is 9.59 Å². The smallest absolute Gasteiger partial charge is 0.259 e. The van der Waals surface area contributed by atoms with E-state index in [2.05, 4.69) is 26.2 Å². The van der Waals surface area contributed by atoms with Crippen LogP contribution in [0.5, 0.6) is 0 Å². The Labute approximate surface area is 163 Å². The van der Waals surface area contributed by atoms with Gasteiger partial charge in [0.15, 0.2) is 0 Å². The number of H-pyrrole nitrogens is 1. The van der Waals surface area contributed by atoms with Crippen molar-refractivity contribution < 1.29 is 9.59 Å². The molecule has 0 bridgehead atoms. The molecule has 0 saturated heterocycles. The number of fused-ring (bicyclic) bond motifs is 2. The minimum atomic E-state index is -0.371. The Hall–Kier alpha value is -3.18. The van der Waals surface area contributed by atoms with Gasteiger partial charge in [0.05, 0.1) is 11.1 Å². The van der Waals surface area contributed by atoms with Crippen molar-refractivity contribution in [1.29, 1.82) is 0 Å². The molecular weight excluding hydrogens is 404 g/mol. The van der Waals surface area contributed by atoms with Crippen LogP contribution in [0.25, 0.3) is 32.8 Å². The van der Waals surface area contributed by atoms with Crippen LogP contribution in [0.1, 0.15) is 11.1 Å². The number of aromatic amines is 1. The Balaban J connectivity index is 1.86. The second-order valence-corrected chi connectivity index (χ2v) is 7.37. The van der Waals surface area contributed by atoms with E-state index >= 15 is 0 Å². The van der Waals surface area contributed by atoms with E-state index < -0.39 is 0 Å². The van der Waals surface area contributed by atoms with Crippen molar-refractivity contribution in [3.05, 3.63) is 82.5 Å². The first-order valence-electron chi connectivity index (χ1n) is 8.48. The number of imide groups is 1. The highest BCUT2D eigenvalue weighted by atomic mass is 79.9. The van der Waals surface area contributed by atoms with Crippen LogP contribution in [0, 0.1) is 0 Å². The van der Waals surface area contributed by atoms with Crippen molar-refractivity contribution in [3.8, 4) is 0 Å². The number of nitrogens with one attached hydrogen (secondary N) is 2. The minimum absolute atomic E-state index is 0.365. The predicted octanol–water partition coefficient (Wildman–Crippen LogP) is 4.65. The van der Waals surface area contributed by atoms with Crippen LogP contribution in [0.4, 0.5) is 0 Å². The molecule has 0 atom stereocenters. The summed E-state index contributed by atoms with van der Waals surface area (Å²) in [5.74, 6) is -0.737. The van der Waals surface area contributed by atoms with E-state index in [0.29, 0.717) is 11.1 Å². The van der Waals surface area contributed by atoms with Crippen molar-refractivity contribution >= 4 is 60.6 Å². The maximum Gasteiger partial charge on any atom is 0.259 e. The van der Waals surface area contributed by atoms with E-state index in [0.717, 1.165) is 37.3 Å². The lowest BCUT2D eigenvalue weighted by molar-refractivity contribution is -0.122. The topological polar surface area (TPSA) is 62.0 Å². The van der Waals surface area contributed by atoms with Gasteiger partial charge in [0.25, 0.3) is 11.8 Å². The summed E-state index contributed by atoms with van der Waals surface area (Å²) < 4.78 is 0.910. The molecule has 0 saturated carbocycles. The Morgan fingerprint density at radius 3 is 2.33 bits per heavy atom. The first kappa shape index (κ1) is 16.0. The van der Waals surface area contributed by atoms with Gasteiger partial charge in [-0.15, -0.1) is 0 Å². The van der Waals surface area contributed by atoms with Crippen molar-refractivity contribution in [3.63, 3.8) is 0 Å². The third kappa shape index (κ3) is 2.43. The Morgan fingerprint density at radius 1 is 0.741 bits per heavy atom. The zero-order valence-corrected chi connectivity index (χ0v) is 15.6. The molecule has 2 N–H and O–H groups in total. The minimum Gasteiger partial charge on any atom is -0.361 e. The molecule has 3 aromatic carbocycles. The average Bonchev–Trinajstić information content (AvgIpc) is 3.20. The maximum atomic E-state index is 12.7. The van der Waals surface area contributed by atoms with Crippen molar-refractivity contribution in [2.75, 3.05) is 0 Å². The zero-order chi connectivity index (χ0) is 18.5. The largest absolute Gasteiger partial charge is 0.361 e. The summed E-state index contributed by atoms with van der Waals surface area (Å²) in [5, 5.41) is 5.33. The number of aromatic nitrogens is 1. The van der Waals surface area contributed by atoms with E-state index in [1.165, 1.54) is 0 Å². The molecule has 0 unspecified atom stereocenters. The van der Waals surface area contributed by atoms with Gasteiger partial charge in [-0.25, -0.2) is 0 Å². The molecule has 1 aliphatic heterocycles. The molecule has 2 amide bonds. The second-order valence-electron chi connectivity index (χ2n) is 6.45. The third-order valence-corrected chi connectivity index (χ3v) is 5.40. The van der Waals surface area contributed by atoms with Crippen LogP contribution in [0.2, 0.25) is 0 Å². The molecular formula is C22H13BrN2O2. The van der Waals surface area contributed by atoms with Gasteiger partial charge in [-0.2, -0.15) is 0 Å². The SMILES string of the molecule is O=C1NC(=O)C(c2c[nH]c3ccc(Br)cc23)=C1c1cccc2ccccc12. The molecule has 130 valence electrons. The molecule has 4 nitrogen and oxygen atoms in total. The van der Waals surface area contributed by atoms with Gasteiger partial charge < -0.3 is 4.98 Å². The van der Waals surface area contributed by atoms with Crippen molar-refractivity contribution in [2.45, 2.75) is 0 Å². The van der Waals surface area contributed by atoms with Crippen molar-refractivity contribution in [1.82, 2.24) is 10.3 Å². The third-order valence-electron chi connectivity index (χ3n) is 4.90. The number of halogens is 1. The first-order chi connectivity index (χ1) is 13.1. The Kier molecular flexibility index (Phi) is 3.52. The molecule has 1 aliphatic rings. The van der Waals surface area contributed by atoms with Crippen LogP contribution < -0.4 is 5.32 Å². The highest BCUT2D eigenvalue weighted by Gasteiger charge is 2.34. The standard InChI is InChI=1S/C22H13BrN2O2/c23-13-8-9-18-16(10-13)17(11-24-18)20-19(21(26)25-22(20)27)15-7-3-5-12-4-1-2-6-14(12)15/h1-11,24H,(H,25,26,27). The molecule has 5 rings (SSSR count). The average molecular weight is 417 g/mol. The number of hydrogen-bond acceptors (Lipinski definition) is 2. The number of carbonyl (C=O) groups is 2. The van der Waals surface area contributed by atoms with E-state index in [-0.39, 0.29) is 11.8 Å². The molecule has 0 spiro atoms. The van der Waals surface area contributed by atoms with Crippen LogP contribution in [0.3, 0.4) is 0 Å². The van der Waals surface area contributed by atoms with Crippen LogP contribution in [-0.4, -0.2) is 16.8 Å². The Morgan fingerprint density at radius 2 is 1.48 bits per heavy atom. The summed E-state index contributed by atoms with van der Waals surface area (Å²) in [6.07, 6.45) is 1.79. The fourth-order valence-corrected chi connectivity index (χ4v) is 4.07. The van der Waals surface area contributed by atoms with Crippen LogP contribution >= 0.6 is 15.9 Å². The van der Waals surface area contributed by atoms with Gasteiger partial charge in [-0.3, -0.25) is 14.9 Å². The van der Waals surface area contributed by atoms with Gasteiger partial charge in [0.2, 0.25) is 0 Å². The number of rotatable bonds is 2. The quantitative estimate of drug-likeness (QED) is 0.467. The molecule has 4 aromatic rings. The highest BCUT2D eigenvalue weighted by molar-refractivity contribution is 9.10. The summed E-state index contributed by atoms with van der Waals surface area (Å²) in [7, 11) is 0. The van der Waals surface area contributed by atoms with Crippen LogP contribution in [0.15, 0.2) is 71.3 Å². The molecule has 2 heterocycles. The fraction of sp³-hybridized carbons (Fsp3) is 0. The summed E-state index contributed by atoms with van der Waals surface area (Å²) in [6.45, 7) is 0. The zero-order valence-electron chi connectivity index (χ0n) is 14.0. The first-order valence-corrected chi connectivity index (χ1v) is 9.28. The Bertz CT molecular complexity index is 1290.